The van der Waals surface area contributed by atoms with Gasteiger partial charge >= 0.3 is 0 Å². The predicted molar refractivity (Wildman–Crippen MR) is 59.8 cm³/mol. The minimum absolute atomic E-state index is 0.673. The van der Waals surface area contributed by atoms with Crippen LogP contribution in [0.2, 0.25) is 5.02 Å². The highest BCUT2D eigenvalue weighted by molar-refractivity contribution is 6.32. The van der Waals surface area contributed by atoms with Crippen LogP contribution in [0.5, 0.6) is 0 Å². The zero-order chi connectivity index (χ0) is 10.7. The second kappa shape index (κ2) is 4.47. The number of benzene rings is 1. The molecule has 0 saturated carbocycles. The van der Waals surface area contributed by atoms with Crippen LogP contribution in [0, 0.1) is 13.8 Å². The summed E-state index contributed by atoms with van der Waals surface area (Å²) in [6.45, 7) is 7.77. The third-order valence-corrected chi connectivity index (χ3v) is 2.18. The minimum atomic E-state index is 0.673. The molecule has 0 atom stereocenters. The Hall–Kier alpha value is -1.02. The maximum absolute atomic E-state index is 5.92. The summed E-state index contributed by atoms with van der Waals surface area (Å²) in [5, 5.41) is 0.732. The van der Waals surface area contributed by atoms with Crippen LogP contribution in [-0.2, 0) is 0 Å². The molecule has 14 heavy (non-hydrogen) atoms. The molecule has 0 aliphatic rings. The summed E-state index contributed by atoms with van der Waals surface area (Å²) >= 11 is 5.92. The average Bonchev–Trinajstić information content (AvgIpc) is 2.49. The number of aromatic nitrogens is 1. The van der Waals surface area contributed by atoms with Crippen molar-refractivity contribution in [2.24, 2.45) is 0 Å². The first-order valence-corrected chi connectivity index (χ1v) is 5.08. The van der Waals surface area contributed by atoms with Crippen LogP contribution in [0.25, 0.3) is 11.1 Å². The Morgan fingerprint density at radius 2 is 1.86 bits per heavy atom. The fourth-order valence-corrected chi connectivity index (χ4v) is 1.32. The highest BCUT2D eigenvalue weighted by Gasteiger charge is 2.04. The van der Waals surface area contributed by atoms with Crippen LogP contribution in [0.15, 0.2) is 16.5 Å². The lowest BCUT2D eigenvalue weighted by Gasteiger charge is -1.93. The van der Waals surface area contributed by atoms with E-state index in [4.69, 9.17) is 16.0 Å². The van der Waals surface area contributed by atoms with Crippen molar-refractivity contribution in [1.29, 1.82) is 0 Å². The summed E-state index contributed by atoms with van der Waals surface area (Å²) in [5.74, 6) is 0.673. The Labute approximate surface area is 88.9 Å². The van der Waals surface area contributed by atoms with Gasteiger partial charge in [0, 0.05) is 11.9 Å². The molecule has 0 spiro atoms. The molecule has 76 valence electrons. The van der Waals surface area contributed by atoms with E-state index < -0.39 is 0 Å². The monoisotopic (exact) mass is 211 g/mol. The number of hydrogen-bond acceptors (Lipinski definition) is 2. The molecule has 0 saturated heterocycles. The van der Waals surface area contributed by atoms with E-state index in [9.17, 15) is 0 Å². The molecular weight excluding hydrogens is 198 g/mol. The van der Waals surface area contributed by atoms with E-state index in [0.29, 0.717) is 5.89 Å². The summed E-state index contributed by atoms with van der Waals surface area (Å²) in [4.78, 5) is 4.16. The molecule has 0 fully saturated rings. The van der Waals surface area contributed by atoms with Crippen molar-refractivity contribution in [3.05, 3.63) is 28.6 Å². The highest BCUT2D eigenvalue weighted by atomic mass is 35.5. The fourth-order valence-electron chi connectivity index (χ4n) is 1.17. The van der Waals surface area contributed by atoms with Gasteiger partial charge in [-0.2, -0.15) is 0 Å². The van der Waals surface area contributed by atoms with Crippen LogP contribution < -0.4 is 0 Å². The molecule has 1 aromatic carbocycles. The van der Waals surface area contributed by atoms with Crippen LogP contribution in [-0.4, -0.2) is 4.98 Å². The first-order valence-electron chi connectivity index (χ1n) is 4.70. The quantitative estimate of drug-likeness (QED) is 0.655. The van der Waals surface area contributed by atoms with Gasteiger partial charge in [-0.25, -0.2) is 4.98 Å². The van der Waals surface area contributed by atoms with Crippen LogP contribution in [0.1, 0.15) is 25.3 Å². The SMILES string of the molecule is CC.Cc1nc2cc(Cl)c(C)cc2o1. The van der Waals surface area contributed by atoms with Gasteiger partial charge in [0.2, 0.25) is 0 Å². The first-order chi connectivity index (χ1) is 6.66. The van der Waals surface area contributed by atoms with E-state index in [-0.39, 0.29) is 0 Å². The lowest BCUT2D eigenvalue weighted by Crippen LogP contribution is -1.74. The molecule has 3 heteroatoms. The van der Waals surface area contributed by atoms with Gasteiger partial charge in [0.1, 0.15) is 5.52 Å². The molecule has 0 radical (unpaired) electrons. The largest absolute Gasteiger partial charge is 0.441 e. The number of aryl methyl sites for hydroxylation is 2. The Morgan fingerprint density at radius 3 is 2.50 bits per heavy atom. The van der Waals surface area contributed by atoms with E-state index >= 15 is 0 Å². The molecule has 0 amide bonds. The second-order valence-corrected chi connectivity index (χ2v) is 3.21. The summed E-state index contributed by atoms with van der Waals surface area (Å²) in [5.41, 5.74) is 2.64. The maximum Gasteiger partial charge on any atom is 0.192 e. The molecule has 0 aliphatic carbocycles. The van der Waals surface area contributed by atoms with Crippen molar-refractivity contribution >= 4 is 22.7 Å². The third-order valence-electron chi connectivity index (χ3n) is 1.78. The summed E-state index contributed by atoms with van der Waals surface area (Å²) in [6, 6.07) is 3.72. The summed E-state index contributed by atoms with van der Waals surface area (Å²) < 4.78 is 5.33. The molecule has 2 nitrogen and oxygen atoms in total. The molecule has 0 N–H and O–H groups in total. The maximum atomic E-state index is 5.92. The second-order valence-electron chi connectivity index (χ2n) is 2.80. The lowest BCUT2D eigenvalue weighted by atomic mass is 10.2. The summed E-state index contributed by atoms with van der Waals surface area (Å²) in [7, 11) is 0. The van der Waals surface area contributed by atoms with E-state index in [2.05, 4.69) is 4.98 Å². The average molecular weight is 212 g/mol. The zero-order valence-electron chi connectivity index (χ0n) is 8.89. The van der Waals surface area contributed by atoms with Crippen molar-refractivity contribution in [2.45, 2.75) is 27.7 Å². The Morgan fingerprint density at radius 1 is 1.21 bits per heavy atom. The predicted octanol–water partition coefficient (Wildman–Crippen LogP) is 4.12. The minimum Gasteiger partial charge on any atom is -0.441 e. The van der Waals surface area contributed by atoms with Crippen LogP contribution in [0.3, 0.4) is 0 Å². The standard InChI is InChI=1S/C9H8ClNO.C2H6/c1-5-3-9-8(4-7(5)10)11-6(2)12-9;1-2/h3-4H,1-2H3;1-2H3. The molecular formula is C11H14ClNO. The number of fused-ring (bicyclic) bond motifs is 1. The fraction of sp³-hybridized carbons (Fsp3) is 0.364. The Balaban J connectivity index is 0.000000461. The van der Waals surface area contributed by atoms with Crippen LogP contribution in [0.4, 0.5) is 0 Å². The molecule has 0 bridgehead atoms. The Kier molecular flexibility index (Phi) is 3.53. The van der Waals surface area contributed by atoms with Crippen molar-refractivity contribution < 1.29 is 4.42 Å². The molecule has 1 aromatic heterocycles. The van der Waals surface area contributed by atoms with Gasteiger partial charge in [-0.15, -0.1) is 0 Å². The van der Waals surface area contributed by atoms with Crippen molar-refractivity contribution in [2.75, 3.05) is 0 Å². The molecule has 1 heterocycles. The van der Waals surface area contributed by atoms with E-state index in [1.54, 1.807) is 0 Å². The van der Waals surface area contributed by atoms with Gasteiger partial charge in [-0.1, -0.05) is 25.4 Å². The lowest BCUT2D eigenvalue weighted by molar-refractivity contribution is 0.561. The number of rotatable bonds is 0. The first kappa shape index (κ1) is 11.1. The van der Waals surface area contributed by atoms with E-state index in [0.717, 1.165) is 21.7 Å². The van der Waals surface area contributed by atoms with Crippen molar-refractivity contribution in [1.82, 2.24) is 4.98 Å². The van der Waals surface area contributed by atoms with Crippen molar-refractivity contribution in [3.63, 3.8) is 0 Å². The normalized spacial score (nSPS) is 9.79. The van der Waals surface area contributed by atoms with Crippen LogP contribution >= 0.6 is 11.6 Å². The van der Waals surface area contributed by atoms with Gasteiger partial charge in [0.05, 0.1) is 0 Å². The van der Waals surface area contributed by atoms with Gasteiger partial charge in [-0.05, 0) is 24.6 Å². The smallest absolute Gasteiger partial charge is 0.192 e. The highest BCUT2D eigenvalue weighted by Crippen LogP contribution is 2.23. The van der Waals surface area contributed by atoms with Gasteiger partial charge in [-0.3, -0.25) is 0 Å². The molecule has 2 rings (SSSR count). The van der Waals surface area contributed by atoms with E-state index in [1.165, 1.54) is 0 Å². The molecule has 0 unspecified atom stereocenters. The third kappa shape index (κ3) is 2.07. The van der Waals surface area contributed by atoms with Gasteiger partial charge in [0.25, 0.3) is 0 Å². The molecule has 2 aromatic rings. The molecule has 0 aliphatic heterocycles. The van der Waals surface area contributed by atoms with Gasteiger partial charge < -0.3 is 4.42 Å². The zero-order valence-corrected chi connectivity index (χ0v) is 9.64. The number of halogens is 1. The Bertz CT molecular complexity index is 395. The van der Waals surface area contributed by atoms with E-state index in [1.807, 2.05) is 39.8 Å². The number of nitrogens with zero attached hydrogens (tertiary/aromatic N) is 1. The number of hydrogen-bond donors (Lipinski definition) is 0. The van der Waals surface area contributed by atoms with Crippen molar-refractivity contribution in [3.8, 4) is 0 Å². The topological polar surface area (TPSA) is 26.0 Å². The summed E-state index contributed by atoms with van der Waals surface area (Å²) in [6.07, 6.45) is 0. The number of oxazole rings is 1. The van der Waals surface area contributed by atoms with Gasteiger partial charge in [0.15, 0.2) is 11.5 Å².